The first-order valence-corrected chi connectivity index (χ1v) is 6.55. The van der Waals surface area contributed by atoms with Gasteiger partial charge in [0, 0.05) is 27.6 Å². The van der Waals surface area contributed by atoms with Gasteiger partial charge in [0.05, 0.1) is 6.61 Å². The van der Waals surface area contributed by atoms with Crippen molar-refractivity contribution >= 4 is 32.7 Å². The Hall–Kier alpha value is -1.33. The molecule has 1 amide bonds. The van der Waals surface area contributed by atoms with E-state index in [2.05, 4.69) is 21.2 Å². The largest absolute Gasteiger partial charge is 0.395 e. The van der Waals surface area contributed by atoms with Crippen LogP contribution in [0.25, 0.3) is 10.9 Å². The number of carbonyl (C=O) groups excluding carboxylic acids is 1. The third-order valence-corrected chi connectivity index (χ3v) is 3.89. The van der Waals surface area contributed by atoms with Crippen LogP contribution in [0.1, 0.15) is 5.69 Å². The van der Waals surface area contributed by atoms with Gasteiger partial charge in [-0.3, -0.25) is 4.79 Å². The fraction of sp³-hybridized carbons (Fsp3) is 0.308. The number of halogens is 1. The van der Waals surface area contributed by atoms with Crippen LogP contribution in [0.5, 0.6) is 0 Å². The maximum absolute atomic E-state index is 11.7. The average molecular weight is 311 g/mol. The summed E-state index contributed by atoms with van der Waals surface area (Å²) >= 11 is 3.55. The van der Waals surface area contributed by atoms with Crippen molar-refractivity contribution < 1.29 is 9.90 Å². The minimum absolute atomic E-state index is 0.0408. The summed E-state index contributed by atoms with van der Waals surface area (Å²) in [6, 6.07) is 7.94. The van der Waals surface area contributed by atoms with Crippen LogP contribution in [0.4, 0.5) is 0 Å². The van der Waals surface area contributed by atoms with Gasteiger partial charge in [0.2, 0.25) is 5.91 Å². The van der Waals surface area contributed by atoms with E-state index in [1.807, 2.05) is 35.8 Å². The van der Waals surface area contributed by atoms with Crippen LogP contribution in [0.15, 0.2) is 28.7 Å². The number of aliphatic hydroxyl groups is 1. The molecule has 0 aliphatic rings. The molecule has 1 heterocycles. The normalized spacial score (nSPS) is 10.8. The molecule has 2 aromatic rings. The molecule has 0 saturated heterocycles. The van der Waals surface area contributed by atoms with E-state index in [1.165, 1.54) is 0 Å². The number of carbonyl (C=O) groups is 1. The first-order chi connectivity index (χ1) is 8.65. The summed E-state index contributed by atoms with van der Waals surface area (Å²) in [4.78, 5) is 11.7. The van der Waals surface area contributed by atoms with Crippen LogP contribution >= 0.6 is 15.9 Å². The Kier molecular flexibility index (Phi) is 4.04. The highest BCUT2D eigenvalue weighted by Gasteiger charge is 2.13. The second kappa shape index (κ2) is 5.54. The lowest BCUT2D eigenvalue weighted by atomic mass is 10.2. The first-order valence-electron chi connectivity index (χ1n) is 5.76. The van der Waals surface area contributed by atoms with Crippen molar-refractivity contribution in [3.63, 3.8) is 0 Å². The number of rotatable bonds is 4. The van der Waals surface area contributed by atoms with Gasteiger partial charge in [0.25, 0.3) is 0 Å². The maximum Gasteiger partial charge on any atom is 0.240 e. The lowest BCUT2D eigenvalue weighted by molar-refractivity contribution is -0.121. The third-order valence-electron chi connectivity index (χ3n) is 2.89. The highest BCUT2D eigenvalue weighted by molar-refractivity contribution is 9.10. The lowest BCUT2D eigenvalue weighted by Crippen LogP contribution is -2.30. The van der Waals surface area contributed by atoms with E-state index in [1.54, 1.807) is 0 Å². The summed E-state index contributed by atoms with van der Waals surface area (Å²) in [5, 5.41) is 12.4. The van der Waals surface area contributed by atoms with E-state index in [-0.39, 0.29) is 25.6 Å². The van der Waals surface area contributed by atoms with Gasteiger partial charge in [-0.1, -0.05) is 18.2 Å². The molecule has 0 aliphatic carbocycles. The van der Waals surface area contributed by atoms with Gasteiger partial charge in [-0.25, -0.2) is 0 Å². The Morgan fingerprint density at radius 2 is 2.17 bits per heavy atom. The monoisotopic (exact) mass is 310 g/mol. The molecule has 2 rings (SSSR count). The topological polar surface area (TPSA) is 54.3 Å². The minimum atomic E-state index is -0.0968. The molecule has 0 bridgehead atoms. The van der Waals surface area contributed by atoms with Crippen LogP contribution in [-0.2, 0) is 11.3 Å². The number of fused-ring (bicyclic) bond motifs is 1. The SMILES string of the molecule is Cc1c(Br)c2ccccc2n1CC(=O)NCCO. The summed E-state index contributed by atoms with van der Waals surface area (Å²) in [5.74, 6) is -0.0968. The molecule has 0 fully saturated rings. The second-order valence-corrected chi connectivity index (χ2v) is 4.87. The number of nitrogens with zero attached hydrogens (tertiary/aromatic N) is 1. The van der Waals surface area contributed by atoms with E-state index in [0.717, 1.165) is 21.1 Å². The first kappa shape index (κ1) is 13.1. The smallest absolute Gasteiger partial charge is 0.240 e. The van der Waals surface area contributed by atoms with Crippen molar-refractivity contribution in [2.45, 2.75) is 13.5 Å². The average Bonchev–Trinajstić information content (AvgIpc) is 2.62. The molecule has 2 N–H and O–H groups in total. The van der Waals surface area contributed by atoms with Crippen LogP contribution in [-0.4, -0.2) is 28.7 Å². The molecule has 0 aliphatic heterocycles. The Balaban J connectivity index is 2.33. The molecule has 1 aromatic carbocycles. The highest BCUT2D eigenvalue weighted by atomic mass is 79.9. The lowest BCUT2D eigenvalue weighted by Gasteiger charge is -2.08. The van der Waals surface area contributed by atoms with Crippen LogP contribution in [0.2, 0.25) is 0 Å². The van der Waals surface area contributed by atoms with Crippen molar-refractivity contribution in [1.29, 1.82) is 0 Å². The zero-order valence-electron chi connectivity index (χ0n) is 10.1. The third kappa shape index (κ3) is 2.42. The van der Waals surface area contributed by atoms with Gasteiger partial charge < -0.3 is 15.0 Å². The number of para-hydroxylation sites is 1. The van der Waals surface area contributed by atoms with Crippen LogP contribution < -0.4 is 5.32 Å². The fourth-order valence-corrected chi connectivity index (χ4v) is 2.54. The van der Waals surface area contributed by atoms with Crippen molar-refractivity contribution in [3.05, 3.63) is 34.4 Å². The molecule has 0 atom stereocenters. The summed E-state index contributed by atoms with van der Waals surface area (Å²) in [6.07, 6.45) is 0. The number of aromatic nitrogens is 1. The van der Waals surface area contributed by atoms with Gasteiger partial charge in [-0.05, 0) is 28.9 Å². The predicted octanol–water partition coefficient (Wildman–Crippen LogP) is 1.82. The highest BCUT2D eigenvalue weighted by Crippen LogP contribution is 2.30. The van der Waals surface area contributed by atoms with Gasteiger partial charge >= 0.3 is 0 Å². The van der Waals surface area contributed by atoms with E-state index >= 15 is 0 Å². The molecule has 0 spiro atoms. The molecule has 0 radical (unpaired) electrons. The standard InChI is InChI=1S/C13H15BrN2O2/c1-9-13(14)10-4-2-3-5-11(10)16(9)8-12(18)15-6-7-17/h2-5,17H,6-8H2,1H3,(H,15,18). The molecule has 1 aromatic heterocycles. The van der Waals surface area contributed by atoms with Gasteiger partial charge in [0.1, 0.15) is 6.54 Å². The van der Waals surface area contributed by atoms with Gasteiger partial charge in [-0.2, -0.15) is 0 Å². The molecule has 18 heavy (non-hydrogen) atoms. The summed E-state index contributed by atoms with van der Waals surface area (Å²) in [6.45, 7) is 2.49. The Morgan fingerprint density at radius 1 is 1.44 bits per heavy atom. The number of nitrogens with one attached hydrogen (secondary N) is 1. The Labute approximate surface area is 114 Å². The molecule has 0 saturated carbocycles. The molecule has 4 nitrogen and oxygen atoms in total. The van der Waals surface area contributed by atoms with E-state index in [0.29, 0.717) is 0 Å². The maximum atomic E-state index is 11.7. The summed E-state index contributed by atoms with van der Waals surface area (Å²) < 4.78 is 2.99. The number of hydrogen-bond donors (Lipinski definition) is 2. The quantitative estimate of drug-likeness (QED) is 0.905. The van der Waals surface area contributed by atoms with Crippen LogP contribution in [0, 0.1) is 6.92 Å². The number of aliphatic hydroxyl groups excluding tert-OH is 1. The minimum Gasteiger partial charge on any atom is -0.395 e. The van der Waals surface area contributed by atoms with E-state index < -0.39 is 0 Å². The molecule has 96 valence electrons. The molecule has 0 unspecified atom stereocenters. The summed E-state index contributed by atoms with van der Waals surface area (Å²) in [7, 11) is 0. The Bertz CT molecular complexity index is 578. The van der Waals surface area contributed by atoms with Crippen molar-refractivity contribution in [3.8, 4) is 0 Å². The molecular weight excluding hydrogens is 296 g/mol. The van der Waals surface area contributed by atoms with Crippen LogP contribution in [0.3, 0.4) is 0 Å². The Morgan fingerprint density at radius 3 is 2.89 bits per heavy atom. The molecular formula is C13H15BrN2O2. The number of amides is 1. The van der Waals surface area contributed by atoms with Gasteiger partial charge in [0.15, 0.2) is 0 Å². The number of benzene rings is 1. The van der Waals surface area contributed by atoms with E-state index in [9.17, 15) is 4.79 Å². The van der Waals surface area contributed by atoms with Crippen molar-refractivity contribution in [1.82, 2.24) is 9.88 Å². The second-order valence-electron chi connectivity index (χ2n) is 4.08. The zero-order valence-corrected chi connectivity index (χ0v) is 11.7. The summed E-state index contributed by atoms with van der Waals surface area (Å²) in [5.41, 5.74) is 2.05. The van der Waals surface area contributed by atoms with Crippen molar-refractivity contribution in [2.75, 3.05) is 13.2 Å². The fourth-order valence-electron chi connectivity index (χ4n) is 1.99. The predicted molar refractivity (Wildman–Crippen MR) is 74.5 cm³/mol. The number of hydrogen-bond acceptors (Lipinski definition) is 2. The molecule has 5 heteroatoms. The van der Waals surface area contributed by atoms with E-state index in [4.69, 9.17) is 5.11 Å². The zero-order chi connectivity index (χ0) is 13.1. The van der Waals surface area contributed by atoms with Crippen molar-refractivity contribution in [2.24, 2.45) is 0 Å². The van der Waals surface area contributed by atoms with Gasteiger partial charge in [-0.15, -0.1) is 0 Å².